The summed E-state index contributed by atoms with van der Waals surface area (Å²) < 4.78 is 76.6. The van der Waals surface area contributed by atoms with Gasteiger partial charge < -0.3 is 0 Å². The van der Waals surface area contributed by atoms with E-state index in [1.807, 2.05) is 0 Å². The Morgan fingerprint density at radius 1 is 0.818 bits per heavy atom. The first-order chi connectivity index (χ1) is 4.19. The highest BCUT2D eigenvalue weighted by Crippen LogP contribution is 2.39. The predicted octanol–water partition coefficient (Wildman–Crippen LogP) is 2.87. The molecule has 8 heteroatoms. The van der Waals surface area contributed by atoms with E-state index in [-0.39, 0.29) is 12.4 Å². The summed E-state index contributed by atoms with van der Waals surface area (Å²) >= 11 is 0. The molecule has 0 nitrogen and oxygen atoms in total. The molecule has 0 heterocycles. The lowest BCUT2D eigenvalue weighted by molar-refractivity contribution is -0.320. The summed E-state index contributed by atoms with van der Waals surface area (Å²) in [6.45, 7) is 0. The highest BCUT2D eigenvalue weighted by molar-refractivity contribution is 5.85. The number of hydrogen-bond acceptors (Lipinski definition) is 0. The van der Waals surface area contributed by atoms with Gasteiger partial charge in [-0.2, -0.15) is 22.0 Å². The monoisotopic (exact) mass is 206 g/mol. The molecule has 0 N–H and O–H groups in total. The molecule has 0 aliphatic rings. The van der Waals surface area contributed by atoms with Gasteiger partial charge in [-0.3, -0.25) is 0 Å². The number of hydrogen-bond donors (Lipinski definition) is 0. The fraction of sp³-hybridized carbons (Fsp3) is 1.00. The maximum absolute atomic E-state index is 11.2. The Kier molecular flexibility index (Phi) is 4.22. The minimum absolute atomic E-state index is 0. The van der Waals surface area contributed by atoms with Crippen molar-refractivity contribution in [3.05, 3.63) is 0 Å². The van der Waals surface area contributed by atoms with Crippen molar-refractivity contribution in [3.8, 4) is 0 Å². The predicted molar refractivity (Wildman–Crippen MR) is 24.3 cm³/mol. The van der Waals surface area contributed by atoms with Crippen LogP contribution in [0.2, 0.25) is 0 Å². The first-order valence-electron chi connectivity index (χ1n) is 1.92. The van der Waals surface area contributed by atoms with Gasteiger partial charge in [0.25, 0.3) is 0 Å². The zero-order valence-electron chi connectivity index (χ0n) is 4.63. The van der Waals surface area contributed by atoms with Crippen molar-refractivity contribution in [2.45, 2.75) is 18.5 Å². The van der Waals surface area contributed by atoms with E-state index in [2.05, 4.69) is 0 Å². The number of alkyl halides is 7. The van der Waals surface area contributed by atoms with E-state index in [1.165, 1.54) is 0 Å². The van der Waals surface area contributed by atoms with E-state index in [0.29, 0.717) is 0 Å². The Hall–Kier alpha value is -0.200. The van der Waals surface area contributed by atoms with Crippen LogP contribution in [0.5, 0.6) is 0 Å². The van der Waals surface area contributed by atoms with E-state index < -0.39 is 18.5 Å². The van der Waals surface area contributed by atoms with Crippen molar-refractivity contribution >= 4 is 12.4 Å². The topological polar surface area (TPSA) is 0 Å². The van der Waals surface area contributed by atoms with Crippen molar-refractivity contribution < 1.29 is 30.7 Å². The zero-order valence-corrected chi connectivity index (χ0v) is 5.45. The summed E-state index contributed by atoms with van der Waals surface area (Å²) in [7, 11) is 0. The standard InChI is InChI=1S/C3HF7.ClH/c4-1(5)2(6,7)3(8,9)10;/h1H;1H. The molecule has 0 rings (SSSR count). The van der Waals surface area contributed by atoms with Crippen LogP contribution < -0.4 is 0 Å². The van der Waals surface area contributed by atoms with Gasteiger partial charge in [-0.05, 0) is 0 Å². The van der Waals surface area contributed by atoms with Crippen LogP contribution in [0.1, 0.15) is 0 Å². The first kappa shape index (κ1) is 13.4. The molecule has 0 fully saturated rings. The van der Waals surface area contributed by atoms with Gasteiger partial charge in [-0.25, -0.2) is 8.78 Å². The second-order valence-electron chi connectivity index (χ2n) is 1.42. The second kappa shape index (κ2) is 3.46. The van der Waals surface area contributed by atoms with Gasteiger partial charge in [0.1, 0.15) is 0 Å². The molecular weight excluding hydrogens is 204 g/mol. The minimum Gasteiger partial charge on any atom is -0.203 e. The molecule has 11 heavy (non-hydrogen) atoms. The van der Waals surface area contributed by atoms with Gasteiger partial charge in [-0.15, -0.1) is 12.4 Å². The third kappa shape index (κ3) is 2.72. The summed E-state index contributed by atoms with van der Waals surface area (Å²) in [6.07, 6.45) is -10.9. The third-order valence-corrected chi connectivity index (χ3v) is 0.652. The molecule has 0 aromatic heterocycles. The van der Waals surface area contributed by atoms with E-state index >= 15 is 0 Å². The molecule has 0 saturated heterocycles. The normalized spacial score (nSPS) is 13.1. The maximum Gasteiger partial charge on any atom is 0.459 e. The lowest BCUT2D eigenvalue weighted by Crippen LogP contribution is -2.42. The smallest absolute Gasteiger partial charge is 0.203 e. The van der Waals surface area contributed by atoms with Crippen molar-refractivity contribution in [2.24, 2.45) is 0 Å². The van der Waals surface area contributed by atoms with E-state index in [4.69, 9.17) is 0 Å². The van der Waals surface area contributed by atoms with Crippen LogP contribution in [0.4, 0.5) is 30.7 Å². The lowest BCUT2D eigenvalue weighted by Gasteiger charge is -2.17. The minimum atomic E-state index is -6.17. The molecule has 0 saturated carbocycles. The van der Waals surface area contributed by atoms with Crippen LogP contribution in [-0.2, 0) is 0 Å². The van der Waals surface area contributed by atoms with Crippen molar-refractivity contribution in [2.75, 3.05) is 0 Å². The Morgan fingerprint density at radius 3 is 1.09 bits per heavy atom. The molecule has 0 unspecified atom stereocenters. The van der Waals surface area contributed by atoms with Gasteiger partial charge in [0, 0.05) is 0 Å². The molecule has 70 valence electrons. The third-order valence-electron chi connectivity index (χ3n) is 0.652. The molecule has 0 atom stereocenters. The fourth-order valence-electron chi connectivity index (χ4n) is 0.124. The van der Waals surface area contributed by atoms with E-state index in [9.17, 15) is 30.7 Å². The lowest BCUT2D eigenvalue weighted by atomic mass is 10.3. The molecule has 0 aliphatic carbocycles. The molecule has 0 aromatic carbocycles. The summed E-state index contributed by atoms with van der Waals surface area (Å²) in [4.78, 5) is 0. The first-order valence-corrected chi connectivity index (χ1v) is 1.92. The molecule has 0 amide bonds. The molecule has 0 aliphatic heterocycles. The van der Waals surface area contributed by atoms with Crippen LogP contribution >= 0.6 is 12.4 Å². The van der Waals surface area contributed by atoms with Crippen LogP contribution in [0.15, 0.2) is 0 Å². The summed E-state index contributed by atoms with van der Waals surface area (Å²) in [5.41, 5.74) is 0. The zero-order chi connectivity index (χ0) is 8.58. The fourth-order valence-corrected chi connectivity index (χ4v) is 0.124. The average molecular weight is 206 g/mol. The van der Waals surface area contributed by atoms with Gasteiger partial charge in [0.05, 0.1) is 0 Å². The molecule has 0 radical (unpaired) electrons. The van der Waals surface area contributed by atoms with Gasteiger partial charge in [0.2, 0.25) is 0 Å². The number of halogens is 8. The van der Waals surface area contributed by atoms with E-state index in [0.717, 1.165) is 0 Å². The van der Waals surface area contributed by atoms with Crippen LogP contribution in [0.25, 0.3) is 0 Å². The van der Waals surface area contributed by atoms with Crippen LogP contribution in [0.3, 0.4) is 0 Å². The summed E-state index contributed by atoms with van der Waals surface area (Å²) in [5, 5.41) is 0. The summed E-state index contributed by atoms with van der Waals surface area (Å²) in [6, 6.07) is 0. The Labute approximate surface area is 62.8 Å². The Balaban J connectivity index is 0. The van der Waals surface area contributed by atoms with Gasteiger partial charge in [0.15, 0.2) is 0 Å². The number of rotatable bonds is 1. The highest BCUT2D eigenvalue weighted by atomic mass is 35.5. The maximum atomic E-state index is 11.2. The SMILES string of the molecule is Cl.FC(F)C(F)(F)C(F)(F)F. The van der Waals surface area contributed by atoms with Crippen molar-refractivity contribution in [3.63, 3.8) is 0 Å². The van der Waals surface area contributed by atoms with Gasteiger partial charge in [-0.1, -0.05) is 0 Å². The summed E-state index contributed by atoms with van der Waals surface area (Å²) in [5.74, 6) is -5.90. The quantitative estimate of drug-likeness (QED) is 0.579. The molecule has 0 spiro atoms. The second-order valence-corrected chi connectivity index (χ2v) is 1.42. The van der Waals surface area contributed by atoms with Crippen molar-refractivity contribution in [1.82, 2.24) is 0 Å². The molecular formula is C3H2ClF7. The van der Waals surface area contributed by atoms with E-state index in [1.54, 1.807) is 0 Å². The largest absolute Gasteiger partial charge is 0.459 e. The molecule has 0 bridgehead atoms. The van der Waals surface area contributed by atoms with Crippen LogP contribution in [-0.4, -0.2) is 18.5 Å². The highest BCUT2D eigenvalue weighted by Gasteiger charge is 2.64. The average Bonchev–Trinajstić information content (AvgIpc) is 1.62. The van der Waals surface area contributed by atoms with Crippen molar-refractivity contribution in [1.29, 1.82) is 0 Å². The van der Waals surface area contributed by atoms with Crippen LogP contribution in [0, 0.1) is 0 Å². The Bertz CT molecular complexity index is 115. The Morgan fingerprint density at radius 2 is 1.09 bits per heavy atom. The van der Waals surface area contributed by atoms with Gasteiger partial charge >= 0.3 is 18.5 Å². The molecule has 0 aromatic rings.